The summed E-state index contributed by atoms with van der Waals surface area (Å²) in [5, 5.41) is 16.2. The lowest BCUT2D eigenvalue weighted by atomic mass is 10.1. The molecule has 3 rings (SSSR count). The minimum Gasteiger partial charge on any atom is -0.481 e. The van der Waals surface area contributed by atoms with Gasteiger partial charge in [0.25, 0.3) is 11.8 Å². The van der Waals surface area contributed by atoms with Gasteiger partial charge in [0.2, 0.25) is 11.8 Å². The van der Waals surface area contributed by atoms with Crippen molar-refractivity contribution in [3.05, 3.63) is 46.6 Å². The molecule has 1 aromatic rings. The summed E-state index contributed by atoms with van der Waals surface area (Å²) in [7, 11) is 0. The number of hydrogen-bond donors (Lipinski definition) is 3. The van der Waals surface area contributed by atoms with Crippen LogP contribution in [0, 0.1) is 6.92 Å². The van der Waals surface area contributed by atoms with Gasteiger partial charge < -0.3 is 20.5 Å². The molecule has 34 heavy (non-hydrogen) atoms. The Morgan fingerprint density at radius 2 is 2.03 bits per heavy atom. The summed E-state index contributed by atoms with van der Waals surface area (Å²) in [6, 6.07) is 1.15. The Morgan fingerprint density at radius 3 is 2.71 bits per heavy atom. The summed E-state index contributed by atoms with van der Waals surface area (Å²) < 4.78 is 0. The second kappa shape index (κ2) is 10.5. The van der Waals surface area contributed by atoms with Gasteiger partial charge in [-0.1, -0.05) is 23.7 Å². The number of aldehydes is 1. The van der Waals surface area contributed by atoms with Crippen LogP contribution in [0.25, 0.3) is 0 Å². The highest BCUT2D eigenvalue weighted by Gasteiger charge is 2.43. The molecule has 1 saturated heterocycles. The van der Waals surface area contributed by atoms with Gasteiger partial charge in [-0.25, -0.2) is 10.0 Å². The van der Waals surface area contributed by atoms with Crippen LogP contribution in [-0.4, -0.2) is 69.1 Å². The Balaban J connectivity index is 1.84. The first-order valence-electron chi connectivity index (χ1n) is 10.5. The van der Waals surface area contributed by atoms with E-state index in [1.807, 2.05) is 0 Å². The topological polar surface area (TPSA) is 153 Å². The van der Waals surface area contributed by atoms with E-state index in [9.17, 15) is 28.8 Å². The van der Waals surface area contributed by atoms with E-state index in [0.29, 0.717) is 10.6 Å². The molecular weight excluding hydrogens is 468 g/mol. The fourth-order valence-electron chi connectivity index (χ4n) is 3.78. The van der Waals surface area contributed by atoms with Gasteiger partial charge in [-0.05, 0) is 37.5 Å². The fourth-order valence-corrected chi connectivity index (χ4v) is 3.96. The van der Waals surface area contributed by atoms with Crippen molar-refractivity contribution in [2.45, 2.75) is 50.7 Å². The van der Waals surface area contributed by atoms with E-state index in [2.05, 4.69) is 10.6 Å². The number of nitrogens with zero attached hydrogens (tertiary/aromatic N) is 2. The highest BCUT2D eigenvalue weighted by atomic mass is 35.5. The van der Waals surface area contributed by atoms with Gasteiger partial charge >= 0.3 is 5.97 Å². The zero-order valence-corrected chi connectivity index (χ0v) is 18.9. The van der Waals surface area contributed by atoms with Crippen molar-refractivity contribution in [2.75, 3.05) is 0 Å². The molecule has 2 aliphatic rings. The maximum Gasteiger partial charge on any atom is 0.305 e. The smallest absolute Gasteiger partial charge is 0.305 e. The Morgan fingerprint density at radius 1 is 1.29 bits per heavy atom. The van der Waals surface area contributed by atoms with Gasteiger partial charge in [-0.3, -0.25) is 24.0 Å². The van der Waals surface area contributed by atoms with Gasteiger partial charge in [0, 0.05) is 23.2 Å². The molecule has 180 valence electrons. The lowest BCUT2D eigenvalue weighted by Crippen LogP contribution is -2.62. The zero-order chi connectivity index (χ0) is 25.0. The number of aliphatic carboxylic acids is 1. The summed E-state index contributed by atoms with van der Waals surface area (Å²) in [6.45, 7) is 1.66. The summed E-state index contributed by atoms with van der Waals surface area (Å²) in [4.78, 5) is 73.9. The Hall–Kier alpha value is -3.73. The van der Waals surface area contributed by atoms with E-state index in [1.165, 1.54) is 12.3 Å². The van der Waals surface area contributed by atoms with Crippen molar-refractivity contribution >= 4 is 47.5 Å². The quantitative estimate of drug-likeness (QED) is 0.472. The Kier molecular flexibility index (Phi) is 7.67. The predicted octanol–water partition coefficient (Wildman–Crippen LogP) is 0.557. The molecular formula is C22H23ClN4O7. The van der Waals surface area contributed by atoms with Gasteiger partial charge in [0.05, 0.1) is 12.5 Å². The molecule has 1 aromatic carbocycles. The van der Waals surface area contributed by atoms with E-state index in [1.54, 1.807) is 25.1 Å². The number of amides is 4. The van der Waals surface area contributed by atoms with Gasteiger partial charge in [0.1, 0.15) is 18.4 Å². The van der Waals surface area contributed by atoms with E-state index < -0.39 is 54.1 Å². The molecule has 0 bridgehead atoms. The number of carboxylic acid groups (broad SMARTS) is 1. The van der Waals surface area contributed by atoms with Crippen LogP contribution in [0.15, 0.2) is 30.5 Å². The number of carbonyl (C=O) groups is 6. The van der Waals surface area contributed by atoms with E-state index in [-0.39, 0.29) is 31.1 Å². The summed E-state index contributed by atoms with van der Waals surface area (Å²) in [6.07, 6.45) is 2.50. The molecule has 11 nitrogen and oxygen atoms in total. The zero-order valence-electron chi connectivity index (χ0n) is 18.2. The molecule has 2 heterocycles. The molecule has 0 spiro atoms. The number of rotatable bonds is 7. The third-order valence-corrected chi connectivity index (χ3v) is 5.98. The second-order valence-electron chi connectivity index (χ2n) is 7.88. The summed E-state index contributed by atoms with van der Waals surface area (Å²) in [5.41, 5.74) is 0.792. The number of fused-ring (bicyclic) bond motifs is 1. The molecule has 3 atom stereocenters. The number of hydrogen-bond acceptors (Lipinski definition) is 6. The molecule has 0 saturated carbocycles. The average Bonchev–Trinajstić information content (AvgIpc) is 2.92. The molecule has 12 heteroatoms. The van der Waals surface area contributed by atoms with Gasteiger partial charge in [0.15, 0.2) is 0 Å². The molecule has 0 aromatic heterocycles. The Labute approximate surface area is 199 Å². The van der Waals surface area contributed by atoms with Crippen molar-refractivity contribution < 1.29 is 33.9 Å². The van der Waals surface area contributed by atoms with E-state index in [0.717, 1.165) is 10.0 Å². The minimum absolute atomic E-state index is 0.00811. The largest absolute Gasteiger partial charge is 0.481 e. The van der Waals surface area contributed by atoms with Crippen molar-refractivity contribution in [2.24, 2.45) is 0 Å². The number of carboxylic acids is 1. The lowest BCUT2D eigenvalue weighted by molar-refractivity contribution is -0.166. The van der Waals surface area contributed by atoms with Crippen molar-refractivity contribution in [3.63, 3.8) is 0 Å². The number of nitrogens with one attached hydrogen (secondary N) is 2. The Bertz CT molecular complexity index is 1070. The van der Waals surface area contributed by atoms with Crippen molar-refractivity contribution in [1.82, 2.24) is 20.7 Å². The first kappa shape index (κ1) is 24.9. The molecule has 0 radical (unpaired) electrons. The van der Waals surface area contributed by atoms with Crippen LogP contribution in [0.4, 0.5) is 0 Å². The number of hydrazine groups is 1. The lowest BCUT2D eigenvalue weighted by Gasteiger charge is -2.39. The van der Waals surface area contributed by atoms with Crippen LogP contribution in [0.2, 0.25) is 5.02 Å². The van der Waals surface area contributed by atoms with Crippen LogP contribution >= 0.6 is 11.6 Å². The first-order valence-corrected chi connectivity index (χ1v) is 10.9. The average molecular weight is 491 g/mol. The maximum absolute atomic E-state index is 13.4. The highest BCUT2D eigenvalue weighted by molar-refractivity contribution is 6.31. The monoisotopic (exact) mass is 490 g/mol. The molecule has 4 amide bonds. The number of carbonyl (C=O) groups excluding carboxylic acids is 5. The van der Waals surface area contributed by atoms with E-state index >= 15 is 0 Å². The number of benzene rings is 1. The van der Waals surface area contributed by atoms with Crippen LogP contribution < -0.4 is 10.6 Å². The summed E-state index contributed by atoms with van der Waals surface area (Å²) >= 11 is 6.08. The maximum atomic E-state index is 13.4. The molecule has 0 unspecified atom stereocenters. The van der Waals surface area contributed by atoms with Crippen molar-refractivity contribution in [3.8, 4) is 0 Å². The third-order valence-electron chi connectivity index (χ3n) is 5.57. The third kappa shape index (κ3) is 5.25. The normalized spacial score (nSPS) is 20.8. The van der Waals surface area contributed by atoms with Crippen molar-refractivity contribution in [1.29, 1.82) is 0 Å². The van der Waals surface area contributed by atoms with E-state index in [4.69, 9.17) is 16.7 Å². The van der Waals surface area contributed by atoms with Crippen LogP contribution in [0.5, 0.6) is 0 Å². The standard InChI is InChI=1S/C22H23ClN4O7/c1-12-14(4-2-5-15(12)23)20(32)25-16-7-8-18(29)26-9-3-6-17(27(26)22(16)34)21(33)24-13(11-28)10-19(30)31/h2-5,9,11,13,16-17H,6-8,10H2,1H3,(H,24,33)(H,25,32)(H,30,31)/t13-,16-,17-/m0/s1. The molecule has 3 N–H and O–H groups in total. The molecule has 2 aliphatic heterocycles. The second-order valence-corrected chi connectivity index (χ2v) is 8.29. The predicted molar refractivity (Wildman–Crippen MR) is 118 cm³/mol. The minimum atomic E-state index is -1.30. The fraction of sp³-hybridized carbons (Fsp3) is 0.364. The summed E-state index contributed by atoms with van der Waals surface area (Å²) in [5.74, 6) is -3.80. The molecule has 1 fully saturated rings. The number of halogens is 1. The highest BCUT2D eigenvalue weighted by Crippen LogP contribution is 2.25. The van der Waals surface area contributed by atoms with Crippen LogP contribution in [0.3, 0.4) is 0 Å². The van der Waals surface area contributed by atoms with Gasteiger partial charge in [-0.15, -0.1) is 0 Å². The van der Waals surface area contributed by atoms with Gasteiger partial charge in [-0.2, -0.15) is 0 Å². The SMILES string of the molecule is Cc1c(Cl)cccc1C(=O)N[C@H]1CCC(=O)N2C=CC[C@@H](C(=O)N[C@H](C=O)CC(=O)O)N2C1=O. The molecule has 0 aliphatic carbocycles. The van der Waals surface area contributed by atoms with Crippen LogP contribution in [0.1, 0.15) is 41.6 Å². The van der Waals surface area contributed by atoms with Crippen LogP contribution in [-0.2, 0) is 24.0 Å². The first-order chi connectivity index (χ1) is 16.1.